The lowest BCUT2D eigenvalue weighted by atomic mass is 9.87. The molecule has 0 bridgehead atoms. The van der Waals surface area contributed by atoms with Gasteiger partial charge in [0.2, 0.25) is 5.91 Å². The molecule has 5 nitrogen and oxygen atoms in total. The summed E-state index contributed by atoms with van der Waals surface area (Å²) in [5, 5.41) is 2.88. The Morgan fingerprint density at radius 3 is 2.60 bits per heavy atom. The first kappa shape index (κ1) is 21.9. The molecule has 2 unspecified atom stereocenters. The van der Waals surface area contributed by atoms with Crippen LogP contribution in [0.15, 0.2) is 42.5 Å². The summed E-state index contributed by atoms with van der Waals surface area (Å²) in [6.45, 7) is 10.3. The zero-order valence-corrected chi connectivity index (χ0v) is 18.6. The third-order valence-corrected chi connectivity index (χ3v) is 5.44. The van der Waals surface area contributed by atoms with Gasteiger partial charge in [-0.05, 0) is 62.9 Å². The van der Waals surface area contributed by atoms with E-state index in [4.69, 9.17) is 4.74 Å². The number of aryl methyl sites for hydroxylation is 1. The molecular weight excluding hydrogens is 376 g/mol. The molecule has 0 aromatic heterocycles. The molecule has 0 spiro atoms. The largest absolute Gasteiger partial charge is 0.481 e. The Hall–Kier alpha value is -2.82. The van der Waals surface area contributed by atoms with Crippen LogP contribution >= 0.6 is 0 Å². The van der Waals surface area contributed by atoms with Gasteiger partial charge in [-0.25, -0.2) is 0 Å². The molecule has 1 heterocycles. The van der Waals surface area contributed by atoms with Gasteiger partial charge in [-0.15, -0.1) is 0 Å². The molecule has 2 amide bonds. The summed E-state index contributed by atoms with van der Waals surface area (Å²) in [5.41, 5.74) is 4.55. The number of nitrogens with zero attached hydrogens (tertiary/aromatic N) is 1. The van der Waals surface area contributed by atoms with Gasteiger partial charge in [0.15, 0.2) is 6.10 Å². The quantitative estimate of drug-likeness (QED) is 0.780. The Kier molecular flexibility index (Phi) is 6.80. The van der Waals surface area contributed by atoms with Gasteiger partial charge in [0, 0.05) is 19.0 Å². The van der Waals surface area contributed by atoms with E-state index in [2.05, 4.69) is 36.5 Å². The number of carbonyl (C=O) groups is 2. The molecule has 0 radical (unpaired) electrons. The van der Waals surface area contributed by atoms with Crippen molar-refractivity contribution in [3.8, 4) is 5.75 Å². The van der Waals surface area contributed by atoms with E-state index >= 15 is 0 Å². The fourth-order valence-corrected chi connectivity index (χ4v) is 4.00. The zero-order valence-electron chi connectivity index (χ0n) is 18.6. The van der Waals surface area contributed by atoms with Gasteiger partial charge in [0.05, 0.1) is 6.04 Å². The van der Waals surface area contributed by atoms with Crippen molar-refractivity contribution in [2.45, 2.75) is 65.6 Å². The average Bonchev–Trinajstić information content (AvgIpc) is 2.71. The number of hydrogen-bond acceptors (Lipinski definition) is 3. The van der Waals surface area contributed by atoms with Crippen molar-refractivity contribution in [2.75, 3.05) is 6.54 Å². The third-order valence-electron chi connectivity index (χ3n) is 5.44. The lowest BCUT2D eigenvalue weighted by Crippen LogP contribution is -2.41. The van der Waals surface area contributed by atoms with Crippen molar-refractivity contribution in [2.24, 2.45) is 0 Å². The lowest BCUT2D eigenvalue weighted by molar-refractivity contribution is -0.133. The number of ether oxygens (including phenoxy) is 1. The van der Waals surface area contributed by atoms with Gasteiger partial charge in [0.25, 0.3) is 5.91 Å². The maximum atomic E-state index is 12.7. The highest BCUT2D eigenvalue weighted by atomic mass is 16.5. The fraction of sp³-hybridized carbons (Fsp3) is 0.440. The number of rotatable bonds is 6. The average molecular weight is 409 g/mol. The second-order valence-electron chi connectivity index (χ2n) is 8.29. The van der Waals surface area contributed by atoms with Crippen LogP contribution in [0.4, 0.5) is 0 Å². The van der Waals surface area contributed by atoms with Crippen molar-refractivity contribution in [1.29, 1.82) is 0 Å². The summed E-state index contributed by atoms with van der Waals surface area (Å²) in [6, 6.07) is 14.2. The summed E-state index contributed by atoms with van der Waals surface area (Å²) >= 11 is 0. The SMILES string of the molecule is CCC(=O)N1CCc2ccc(OC(C)C(=O)NC(C)C)cc2C1c1cccc(C)c1. The topological polar surface area (TPSA) is 58.6 Å². The monoisotopic (exact) mass is 408 g/mol. The van der Waals surface area contributed by atoms with Crippen LogP contribution < -0.4 is 10.1 Å². The van der Waals surface area contributed by atoms with Crippen molar-refractivity contribution in [3.63, 3.8) is 0 Å². The number of nitrogens with one attached hydrogen (secondary N) is 1. The summed E-state index contributed by atoms with van der Waals surface area (Å²) in [6.07, 6.45) is 0.688. The second-order valence-corrected chi connectivity index (χ2v) is 8.29. The van der Waals surface area contributed by atoms with Crippen molar-refractivity contribution < 1.29 is 14.3 Å². The van der Waals surface area contributed by atoms with Gasteiger partial charge in [-0.1, -0.05) is 42.8 Å². The highest BCUT2D eigenvalue weighted by molar-refractivity contribution is 5.81. The molecule has 1 aliphatic heterocycles. The molecule has 0 fully saturated rings. The minimum absolute atomic E-state index is 0.0615. The summed E-state index contributed by atoms with van der Waals surface area (Å²) in [7, 11) is 0. The Morgan fingerprint density at radius 2 is 1.93 bits per heavy atom. The predicted molar refractivity (Wildman–Crippen MR) is 119 cm³/mol. The van der Waals surface area contributed by atoms with Gasteiger partial charge in [-0.2, -0.15) is 0 Å². The van der Waals surface area contributed by atoms with E-state index in [1.165, 1.54) is 5.56 Å². The molecule has 30 heavy (non-hydrogen) atoms. The van der Waals surface area contributed by atoms with E-state index < -0.39 is 6.10 Å². The Balaban J connectivity index is 1.97. The van der Waals surface area contributed by atoms with Gasteiger partial charge < -0.3 is 15.0 Å². The van der Waals surface area contributed by atoms with E-state index in [1.807, 2.05) is 43.9 Å². The number of benzene rings is 2. The molecule has 2 atom stereocenters. The smallest absolute Gasteiger partial charge is 0.260 e. The number of fused-ring (bicyclic) bond motifs is 1. The van der Waals surface area contributed by atoms with Crippen LogP contribution in [0, 0.1) is 6.92 Å². The van der Waals surface area contributed by atoms with E-state index in [-0.39, 0.29) is 23.9 Å². The summed E-state index contributed by atoms with van der Waals surface area (Å²) in [5.74, 6) is 0.646. The standard InChI is InChI=1S/C25H32N2O3/c1-6-23(28)27-13-12-19-10-11-21(30-18(5)25(29)26-16(2)3)15-22(19)24(27)20-9-7-8-17(4)14-20/h7-11,14-16,18,24H,6,12-13H2,1-5H3,(H,26,29). The van der Waals surface area contributed by atoms with E-state index in [0.717, 1.165) is 23.1 Å². The minimum Gasteiger partial charge on any atom is -0.481 e. The first-order valence-corrected chi connectivity index (χ1v) is 10.8. The van der Waals surface area contributed by atoms with Crippen LogP contribution in [0.1, 0.15) is 62.4 Å². The Bertz CT molecular complexity index is 922. The molecule has 0 aliphatic carbocycles. The molecule has 2 aromatic rings. The number of hydrogen-bond donors (Lipinski definition) is 1. The second kappa shape index (κ2) is 9.33. The van der Waals surface area contributed by atoms with Gasteiger partial charge in [0.1, 0.15) is 5.75 Å². The van der Waals surface area contributed by atoms with Crippen molar-refractivity contribution in [3.05, 3.63) is 64.7 Å². The normalized spacial score (nSPS) is 16.7. The molecular formula is C25H32N2O3. The molecule has 0 saturated carbocycles. The predicted octanol–water partition coefficient (Wildman–Crippen LogP) is 4.17. The maximum absolute atomic E-state index is 12.7. The van der Waals surface area contributed by atoms with Gasteiger partial charge >= 0.3 is 0 Å². The van der Waals surface area contributed by atoms with Gasteiger partial charge in [-0.3, -0.25) is 9.59 Å². The highest BCUT2D eigenvalue weighted by Gasteiger charge is 2.32. The molecule has 0 saturated heterocycles. The molecule has 2 aromatic carbocycles. The van der Waals surface area contributed by atoms with Crippen LogP contribution in [0.25, 0.3) is 0 Å². The van der Waals surface area contributed by atoms with Crippen LogP contribution in [0.5, 0.6) is 5.75 Å². The first-order chi connectivity index (χ1) is 14.3. The van der Waals surface area contributed by atoms with Crippen LogP contribution in [0.2, 0.25) is 0 Å². The Labute approximate surface area is 179 Å². The van der Waals surface area contributed by atoms with Crippen molar-refractivity contribution in [1.82, 2.24) is 10.2 Å². The molecule has 3 rings (SSSR count). The van der Waals surface area contributed by atoms with E-state index in [1.54, 1.807) is 6.92 Å². The summed E-state index contributed by atoms with van der Waals surface area (Å²) in [4.78, 5) is 27.0. The number of amides is 2. The van der Waals surface area contributed by atoms with Crippen LogP contribution in [-0.2, 0) is 16.0 Å². The molecule has 5 heteroatoms. The maximum Gasteiger partial charge on any atom is 0.260 e. The van der Waals surface area contributed by atoms with E-state index in [9.17, 15) is 9.59 Å². The highest BCUT2D eigenvalue weighted by Crippen LogP contribution is 2.38. The minimum atomic E-state index is -0.597. The van der Waals surface area contributed by atoms with E-state index in [0.29, 0.717) is 18.7 Å². The number of carbonyl (C=O) groups excluding carboxylic acids is 2. The third kappa shape index (κ3) is 4.84. The summed E-state index contributed by atoms with van der Waals surface area (Å²) < 4.78 is 5.96. The van der Waals surface area contributed by atoms with Crippen molar-refractivity contribution >= 4 is 11.8 Å². The molecule has 1 aliphatic rings. The lowest BCUT2D eigenvalue weighted by Gasteiger charge is -2.38. The fourth-order valence-electron chi connectivity index (χ4n) is 4.00. The first-order valence-electron chi connectivity index (χ1n) is 10.8. The zero-order chi connectivity index (χ0) is 21.8. The van der Waals surface area contributed by atoms with Crippen LogP contribution in [-0.4, -0.2) is 35.4 Å². The molecule has 1 N–H and O–H groups in total. The Morgan fingerprint density at radius 1 is 1.17 bits per heavy atom. The molecule has 160 valence electrons. The van der Waals surface area contributed by atoms with Crippen LogP contribution in [0.3, 0.4) is 0 Å².